The predicted molar refractivity (Wildman–Crippen MR) is 71.3 cm³/mol. The number of nitrogens with one attached hydrogen (secondary N) is 1. The molecule has 2 atom stereocenters. The van der Waals surface area contributed by atoms with Gasteiger partial charge in [-0.25, -0.2) is 0 Å². The van der Waals surface area contributed by atoms with E-state index in [0.29, 0.717) is 5.75 Å². The molecule has 5 N–H and O–H groups in total. The highest BCUT2D eigenvalue weighted by Gasteiger charge is 2.18. The quantitative estimate of drug-likeness (QED) is 0.676. The minimum absolute atomic E-state index is 0.170. The Hall–Kier alpha value is -2.08. The molecule has 0 fully saturated rings. The number of ether oxygens (including phenoxy) is 1. The van der Waals surface area contributed by atoms with E-state index in [-0.39, 0.29) is 12.5 Å². The van der Waals surface area contributed by atoms with Gasteiger partial charge in [0.15, 0.2) is 0 Å². The summed E-state index contributed by atoms with van der Waals surface area (Å²) in [6.07, 6.45) is -0.170. The van der Waals surface area contributed by atoms with E-state index in [0.717, 1.165) is 5.56 Å². The van der Waals surface area contributed by atoms with Crippen LogP contribution in [0.3, 0.4) is 0 Å². The molecule has 0 heterocycles. The van der Waals surface area contributed by atoms with E-state index >= 15 is 0 Å². The summed E-state index contributed by atoms with van der Waals surface area (Å²) in [6, 6.07) is 6.18. The van der Waals surface area contributed by atoms with Crippen LogP contribution in [0, 0.1) is 0 Å². The van der Waals surface area contributed by atoms with Crippen molar-refractivity contribution in [2.45, 2.75) is 25.4 Å². The SMILES string of the molecule is COc1cccc([C@@H](C)NC(=O)C(N)CC(N)=O)c1. The van der Waals surface area contributed by atoms with Gasteiger partial charge in [0.1, 0.15) is 5.75 Å². The summed E-state index contributed by atoms with van der Waals surface area (Å²) in [6.45, 7) is 1.82. The van der Waals surface area contributed by atoms with Gasteiger partial charge in [-0.3, -0.25) is 9.59 Å². The van der Waals surface area contributed by atoms with E-state index in [1.807, 2.05) is 31.2 Å². The molecule has 0 saturated carbocycles. The summed E-state index contributed by atoms with van der Waals surface area (Å²) in [4.78, 5) is 22.4. The molecule has 1 unspecified atom stereocenters. The lowest BCUT2D eigenvalue weighted by Gasteiger charge is -2.17. The second-order valence-electron chi connectivity index (χ2n) is 4.28. The van der Waals surface area contributed by atoms with E-state index in [1.54, 1.807) is 7.11 Å². The van der Waals surface area contributed by atoms with Gasteiger partial charge in [0.05, 0.1) is 25.6 Å². The number of carbonyl (C=O) groups is 2. The topological polar surface area (TPSA) is 107 Å². The van der Waals surface area contributed by atoms with Crippen LogP contribution in [0.2, 0.25) is 0 Å². The largest absolute Gasteiger partial charge is 0.497 e. The van der Waals surface area contributed by atoms with Gasteiger partial charge in [0.25, 0.3) is 0 Å². The summed E-state index contributed by atoms with van der Waals surface area (Å²) >= 11 is 0. The van der Waals surface area contributed by atoms with E-state index in [2.05, 4.69) is 5.32 Å². The Morgan fingerprint density at radius 1 is 1.42 bits per heavy atom. The zero-order chi connectivity index (χ0) is 14.4. The van der Waals surface area contributed by atoms with E-state index in [1.165, 1.54) is 0 Å². The van der Waals surface area contributed by atoms with Crippen molar-refractivity contribution in [1.29, 1.82) is 0 Å². The molecular weight excluding hydrogens is 246 g/mol. The van der Waals surface area contributed by atoms with Gasteiger partial charge in [-0.15, -0.1) is 0 Å². The molecule has 0 aliphatic rings. The van der Waals surface area contributed by atoms with Crippen LogP contribution in [0.4, 0.5) is 0 Å². The van der Waals surface area contributed by atoms with Crippen LogP contribution < -0.4 is 21.5 Å². The van der Waals surface area contributed by atoms with Crippen LogP contribution in [0.1, 0.15) is 24.9 Å². The van der Waals surface area contributed by atoms with E-state index in [9.17, 15) is 9.59 Å². The third kappa shape index (κ3) is 4.59. The molecule has 6 heteroatoms. The third-order valence-electron chi connectivity index (χ3n) is 2.71. The maximum Gasteiger partial charge on any atom is 0.237 e. The van der Waals surface area contributed by atoms with Gasteiger partial charge in [-0.1, -0.05) is 12.1 Å². The average molecular weight is 265 g/mol. The summed E-state index contributed by atoms with van der Waals surface area (Å²) in [5.41, 5.74) is 11.4. The van der Waals surface area contributed by atoms with Crippen molar-refractivity contribution < 1.29 is 14.3 Å². The summed E-state index contributed by atoms with van der Waals surface area (Å²) in [5.74, 6) is -0.300. The van der Waals surface area contributed by atoms with Crippen LogP contribution in [-0.2, 0) is 9.59 Å². The molecular formula is C13H19N3O3. The highest BCUT2D eigenvalue weighted by atomic mass is 16.5. The number of hydrogen-bond donors (Lipinski definition) is 3. The van der Waals surface area contributed by atoms with Crippen LogP contribution >= 0.6 is 0 Å². The lowest BCUT2D eigenvalue weighted by atomic mass is 10.1. The molecule has 1 aromatic carbocycles. The Balaban J connectivity index is 2.65. The summed E-state index contributed by atoms with van der Waals surface area (Å²) < 4.78 is 5.11. The third-order valence-corrected chi connectivity index (χ3v) is 2.71. The molecule has 0 saturated heterocycles. The van der Waals surface area contributed by atoms with Crippen molar-refractivity contribution in [2.75, 3.05) is 7.11 Å². The van der Waals surface area contributed by atoms with Crippen LogP contribution in [0.25, 0.3) is 0 Å². The number of hydrogen-bond acceptors (Lipinski definition) is 4. The number of primary amides is 1. The van der Waals surface area contributed by atoms with Crippen molar-refractivity contribution in [2.24, 2.45) is 11.5 Å². The van der Waals surface area contributed by atoms with Gasteiger partial charge in [0, 0.05) is 0 Å². The lowest BCUT2D eigenvalue weighted by molar-refractivity contribution is -0.126. The number of amides is 2. The molecule has 0 spiro atoms. The molecule has 0 radical (unpaired) electrons. The van der Waals surface area contributed by atoms with Gasteiger partial charge in [0.2, 0.25) is 11.8 Å². The molecule has 0 bridgehead atoms. The van der Waals surface area contributed by atoms with Gasteiger partial charge < -0.3 is 21.5 Å². The number of nitrogens with two attached hydrogens (primary N) is 2. The van der Waals surface area contributed by atoms with E-state index in [4.69, 9.17) is 16.2 Å². The summed E-state index contributed by atoms with van der Waals surface area (Å²) in [7, 11) is 1.57. The Morgan fingerprint density at radius 3 is 2.68 bits per heavy atom. The number of benzene rings is 1. The Morgan fingerprint density at radius 2 is 2.11 bits per heavy atom. The minimum Gasteiger partial charge on any atom is -0.497 e. The van der Waals surface area contributed by atoms with Crippen molar-refractivity contribution >= 4 is 11.8 Å². The second-order valence-corrected chi connectivity index (χ2v) is 4.28. The van der Waals surface area contributed by atoms with Crippen LogP contribution in [0.15, 0.2) is 24.3 Å². The smallest absolute Gasteiger partial charge is 0.237 e. The minimum atomic E-state index is -0.925. The van der Waals surface area contributed by atoms with E-state index < -0.39 is 17.9 Å². The molecule has 104 valence electrons. The second kappa shape index (κ2) is 6.75. The highest BCUT2D eigenvalue weighted by molar-refractivity contribution is 5.87. The zero-order valence-electron chi connectivity index (χ0n) is 11.1. The van der Waals surface area contributed by atoms with Crippen molar-refractivity contribution in [1.82, 2.24) is 5.32 Å². The first-order valence-electron chi connectivity index (χ1n) is 5.92. The fraction of sp³-hybridized carbons (Fsp3) is 0.385. The molecule has 0 aliphatic carbocycles. The molecule has 1 aromatic rings. The lowest BCUT2D eigenvalue weighted by Crippen LogP contribution is -2.43. The molecule has 1 rings (SSSR count). The van der Waals surface area contributed by atoms with Crippen molar-refractivity contribution in [3.05, 3.63) is 29.8 Å². The fourth-order valence-electron chi connectivity index (χ4n) is 1.62. The summed E-state index contributed by atoms with van der Waals surface area (Å²) in [5, 5.41) is 2.73. The Bertz CT molecular complexity index is 462. The van der Waals surface area contributed by atoms with Gasteiger partial charge in [-0.2, -0.15) is 0 Å². The van der Waals surface area contributed by atoms with Crippen LogP contribution in [-0.4, -0.2) is 25.0 Å². The first-order valence-corrected chi connectivity index (χ1v) is 5.92. The fourth-order valence-corrected chi connectivity index (χ4v) is 1.62. The Labute approximate surface area is 112 Å². The zero-order valence-corrected chi connectivity index (χ0v) is 11.1. The van der Waals surface area contributed by atoms with Crippen LogP contribution in [0.5, 0.6) is 5.75 Å². The molecule has 6 nitrogen and oxygen atoms in total. The monoisotopic (exact) mass is 265 g/mol. The van der Waals surface area contributed by atoms with Crippen molar-refractivity contribution in [3.63, 3.8) is 0 Å². The maximum absolute atomic E-state index is 11.7. The highest BCUT2D eigenvalue weighted by Crippen LogP contribution is 2.18. The first kappa shape index (κ1) is 15.0. The number of carbonyl (C=O) groups excluding carboxylic acids is 2. The predicted octanol–water partition coefficient (Wildman–Crippen LogP) is 0.0751. The Kier molecular flexibility index (Phi) is 5.32. The average Bonchev–Trinajstić information content (AvgIpc) is 2.37. The van der Waals surface area contributed by atoms with Gasteiger partial charge >= 0.3 is 0 Å². The molecule has 0 aromatic heterocycles. The standard InChI is InChI=1S/C13H19N3O3/c1-8(9-4-3-5-10(6-9)19-2)16-13(18)11(14)7-12(15)17/h3-6,8,11H,7,14H2,1-2H3,(H2,15,17)(H,16,18)/t8-,11?/m1/s1. The van der Waals surface area contributed by atoms with Gasteiger partial charge in [-0.05, 0) is 24.6 Å². The molecule has 2 amide bonds. The number of rotatable bonds is 6. The maximum atomic E-state index is 11.7. The molecule has 19 heavy (non-hydrogen) atoms. The van der Waals surface area contributed by atoms with Crippen molar-refractivity contribution in [3.8, 4) is 5.75 Å². The normalized spacial score (nSPS) is 13.4. The first-order chi connectivity index (χ1) is 8.93. The number of methoxy groups -OCH3 is 1. The molecule has 0 aliphatic heterocycles.